The van der Waals surface area contributed by atoms with Gasteiger partial charge in [0.25, 0.3) is 0 Å². The van der Waals surface area contributed by atoms with Gasteiger partial charge in [-0.25, -0.2) is 0 Å². The predicted molar refractivity (Wildman–Crippen MR) is 45.6 cm³/mol. The zero-order valence-corrected chi connectivity index (χ0v) is 7.69. The van der Waals surface area contributed by atoms with E-state index in [0.717, 1.165) is 6.29 Å². The van der Waals surface area contributed by atoms with Crippen molar-refractivity contribution in [3.8, 4) is 0 Å². The first-order valence-electron chi connectivity index (χ1n) is 3.53. The minimum Gasteiger partial charge on any atom is -0.396 e. The number of aldehydes is 1. The van der Waals surface area contributed by atoms with Gasteiger partial charge in [-0.15, -0.1) is 11.8 Å². The van der Waals surface area contributed by atoms with Gasteiger partial charge >= 0.3 is 0 Å². The molecule has 4 heteroatoms. The molecule has 0 heterocycles. The summed E-state index contributed by atoms with van der Waals surface area (Å²) in [5, 5.41) is 8.50. The number of carbonyl (C=O) groups excluding carboxylic acids is 1. The third-order valence-electron chi connectivity index (χ3n) is 1.12. The Morgan fingerprint density at radius 1 is 1.73 bits per heavy atom. The highest BCUT2D eigenvalue weighted by Crippen LogP contribution is 2.23. The molecule has 1 N–H and O–H groups in total. The van der Waals surface area contributed by atoms with Crippen LogP contribution in [0.25, 0.3) is 0 Å². The molecular weight excluding hydrogens is 164 g/mol. The highest BCUT2D eigenvalue weighted by Gasteiger charge is 2.23. The van der Waals surface area contributed by atoms with Crippen molar-refractivity contribution in [2.45, 2.75) is 18.8 Å². The molecule has 66 valence electrons. The summed E-state index contributed by atoms with van der Waals surface area (Å²) in [7, 11) is 0. The number of hydrogen-bond acceptors (Lipinski definition) is 4. The Morgan fingerprint density at radius 2 is 2.36 bits per heavy atom. The Hall–Kier alpha value is -0.0600. The van der Waals surface area contributed by atoms with Crippen LogP contribution in [0.3, 0.4) is 0 Å². The Bertz CT molecular complexity index is 118. The molecule has 0 rings (SSSR count). The fourth-order valence-electron chi connectivity index (χ4n) is 0.645. The second-order valence-electron chi connectivity index (χ2n) is 2.14. The monoisotopic (exact) mass is 178 g/mol. The van der Waals surface area contributed by atoms with Crippen LogP contribution in [0.1, 0.15) is 13.8 Å². The van der Waals surface area contributed by atoms with Gasteiger partial charge < -0.3 is 9.84 Å². The molecule has 0 aromatic carbocycles. The molecule has 0 aliphatic heterocycles. The van der Waals surface area contributed by atoms with Crippen LogP contribution in [0.15, 0.2) is 0 Å². The van der Waals surface area contributed by atoms with Gasteiger partial charge in [0.15, 0.2) is 11.2 Å². The highest BCUT2D eigenvalue weighted by molar-refractivity contribution is 8.01. The van der Waals surface area contributed by atoms with Gasteiger partial charge in [0, 0.05) is 12.4 Å². The summed E-state index contributed by atoms with van der Waals surface area (Å²) < 4.78 is 5.16. The van der Waals surface area contributed by atoms with Crippen LogP contribution in [0, 0.1) is 0 Å². The van der Waals surface area contributed by atoms with Crippen molar-refractivity contribution in [2.24, 2.45) is 0 Å². The average Bonchev–Trinajstić information content (AvgIpc) is 2.02. The van der Waals surface area contributed by atoms with Gasteiger partial charge in [-0.05, 0) is 13.8 Å². The fraction of sp³-hybridized carbons (Fsp3) is 0.857. The van der Waals surface area contributed by atoms with E-state index in [2.05, 4.69) is 0 Å². The van der Waals surface area contributed by atoms with Crippen molar-refractivity contribution >= 4 is 18.0 Å². The topological polar surface area (TPSA) is 46.5 Å². The van der Waals surface area contributed by atoms with Crippen molar-refractivity contribution in [3.63, 3.8) is 0 Å². The van der Waals surface area contributed by atoms with E-state index in [-0.39, 0.29) is 6.61 Å². The lowest BCUT2D eigenvalue weighted by Crippen LogP contribution is -2.27. The minimum absolute atomic E-state index is 0.0706. The third-order valence-corrected chi connectivity index (χ3v) is 2.30. The molecule has 0 saturated heterocycles. The second-order valence-corrected chi connectivity index (χ2v) is 3.65. The maximum atomic E-state index is 10.5. The normalized spacial score (nSPS) is 15.9. The number of carbonyl (C=O) groups is 1. The number of aliphatic hydroxyl groups excluding tert-OH is 1. The summed E-state index contributed by atoms with van der Waals surface area (Å²) in [5.74, 6) is 0.523. The van der Waals surface area contributed by atoms with Gasteiger partial charge in [0.1, 0.15) is 0 Å². The van der Waals surface area contributed by atoms with E-state index in [1.807, 2.05) is 6.92 Å². The molecule has 0 fully saturated rings. The van der Waals surface area contributed by atoms with E-state index < -0.39 is 4.93 Å². The zero-order chi connectivity index (χ0) is 8.74. The molecule has 0 spiro atoms. The highest BCUT2D eigenvalue weighted by atomic mass is 32.2. The fourth-order valence-corrected chi connectivity index (χ4v) is 1.41. The van der Waals surface area contributed by atoms with Crippen molar-refractivity contribution < 1.29 is 14.6 Å². The second kappa shape index (κ2) is 5.57. The standard InChI is InChI=1S/C7H14O3S/c1-3-10-7(2,6-9)11-5-4-8/h6,8H,3-5H2,1-2H3. The van der Waals surface area contributed by atoms with Crippen LogP contribution in [0.2, 0.25) is 0 Å². The lowest BCUT2D eigenvalue weighted by Gasteiger charge is -2.21. The van der Waals surface area contributed by atoms with E-state index >= 15 is 0 Å². The van der Waals surface area contributed by atoms with Crippen LogP contribution in [-0.2, 0) is 9.53 Å². The lowest BCUT2D eigenvalue weighted by atomic mass is 10.4. The van der Waals surface area contributed by atoms with Crippen LogP contribution in [0.4, 0.5) is 0 Å². The Kier molecular flexibility index (Phi) is 5.54. The van der Waals surface area contributed by atoms with E-state index in [1.165, 1.54) is 11.8 Å². The Balaban J connectivity index is 3.77. The van der Waals surface area contributed by atoms with E-state index in [0.29, 0.717) is 12.4 Å². The van der Waals surface area contributed by atoms with Crippen molar-refractivity contribution in [3.05, 3.63) is 0 Å². The molecule has 0 aromatic rings. The van der Waals surface area contributed by atoms with Gasteiger partial charge in [-0.1, -0.05) is 0 Å². The van der Waals surface area contributed by atoms with E-state index in [4.69, 9.17) is 9.84 Å². The van der Waals surface area contributed by atoms with Crippen LogP contribution < -0.4 is 0 Å². The number of ether oxygens (including phenoxy) is 1. The Labute approximate surface area is 71.1 Å². The molecule has 1 atom stereocenters. The summed E-state index contributed by atoms with van der Waals surface area (Å²) in [5.41, 5.74) is 0. The number of aliphatic hydroxyl groups is 1. The lowest BCUT2D eigenvalue weighted by molar-refractivity contribution is -0.119. The molecule has 0 aliphatic carbocycles. The predicted octanol–water partition coefficient (Wildman–Crippen LogP) is 0.663. The van der Waals surface area contributed by atoms with Gasteiger partial charge in [0.2, 0.25) is 0 Å². The number of rotatable bonds is 6. The number of thioether (sulfide) groups is 1. The van der Waals surface area contributed by atoms with Crippen molar-refractivity contribution in [1.29, 1.82) is 0 Å². The van der Waals surface area contributed by atoms with Gasteiger partial charge in [-0.2, -0.15) is 0 Å². The molecule has 3 nitrogen and oxygen atoms in total. The first-order chi connectivity index (χ1) is 5.18. The van der Waals surface area contributed by atoms with E-state index in [1.54, 1.807) is 6.92 Å². The summed E-state index contributed by atoms with van der Waals surface area (Å²) in [6.45, 7) is 4.11. The van der Waals surface area contributed by atoms with Crippen LogP contribution >= 0.6 is 11.8 Å². The first-order valence-corrected chi connectivity index (χ1v) is 4.52. The molecule has 11 heavy (non-hydrogen) atoms. The molecule has 0 aliphatic rings. The van der Waals surface area contributed by atoms with E-state index in [9.17, 15) is 4.79 Å². The molecule has 0 aromatic heterocycles. The van der Waals surface area contributed by atoms with Gasteiger partial charge in [-0.3, -0.25) is 4.79 Å². The van der Waals surface area contributed by atoms with Gasteiger partial charge in [0.05, 0.1) is 6.61 Å². The molecular formula is C7H14O3S. The summed E-state index contributed by atoms with van der Waals surface area (Å²) in [6.07, 6.45) is 0.761. The largest absolute Gasteiger partial charge is 0.396 e. The summed E-state index contributed by atoms with van der Waals surface area (Å²) >= 11 is 1.31. The Morgan fingerprint density at radius 3 is 2.73 bits per heavy atom. The molecule has 0 bridgehead atoms. The maximum absolute atomic E-state index is 10.5. The average molecular weight is 178 g/mol. The summed E-state index contributed by atoms with van der Waals surface area (Å²) in [4.78, 5) is 9.71. The maximum Gasteiger partial charge on any atom is 0.166 e. The van der Waals surface area contributed by atoms with Crippen LogP contribution in [0.5, 0.6) is 0 Å². The molecule has 0 radical (unpaired) electrons. The SMILES string of the molecule is CCOC(C)(C=O)SCCO. The smallest absolute Gasteiger partial charge is 0.166 e. The number of hydrogen-bond donors (Lipinski definition) is 1. The quantitative estimate of drug-likeness (QED) is 0.479. The molecule has 0 saturated carbocycles. The molecule has 1 unspecified atom stereocenters. The van der Waals surface area contributed by atoms with Crippen molar-refractivity contribution in [1.82, 2.24) is 0 Å². The zero-order valence-electron chi connectivity index (χ0n) is 6.87. The first kappa shape index (κ1) is 10.9. The minimum atomic E-state index is -0.780. The molecule has 0 amide bonds. The summed E-state index contributed by atoms with van der Waals surface area (Å²) in [6, 6.07) is 0. The third kappa shape index (κ3) is 4.40. The van der Waals surface area contributed by atoms with Crippen LogP contribution in [-0.4, -0.2) is 35.3 Å². The van der Waals surface area contributed by atoms with Crippen molar-refractivity contribution in [2.75, 3.05) is 19.0 Å².